The van der Waals surface area contributed by atoms with E-state index in [4.69, 9.17) is 6.42 Å². The second-order valence-corrected chi connectivity index (χ2v) is 4.10. The molecule has 0 saturated carbocycles. The molecule has 0 aromatic rings. The summed E-state index contributed by atoms with van der Waals surface area (Å²) in [4.78, 5) is 24.0. The molecule has 1 heterocycles. The lowest BCUT2D eigenvalue weighted by molar-refractivity contribution is -0.151. The summed E-state index contributed by atoms with van der Waals surface area (Å²) in [5, 5.41) is 0. The van der Waals surface area contributed by atoms with Crippen molar-refractivity contribution in [3.8, 4) is 12.3 Å². The Morgan fingerprint density at radius 1 is 1.38 bits per heavy atom. The van der Waals surface area contributed by atoms with Gasteiger partial charge in [-0.2, -0.15) is 0 Å². The van der Waals surface area contributed by atoms with Crippen molar-refractivity contribution in [1.29, 1.82) is 0 Å². The Bertz CT molecular complexity index is 266. The number of carbonyl (C=O) groups excluding carboxylic acids is 2. The van der Waals surface area contributed by atoms with E-state index < -0.39 is 0 Å². The highest BCUT2D eigenvalue weighted by atomic mass is 16.2. The summed E-state index contributed by atoms with van der Waals surface area (Å²) in [6.07, 6.45) is 5.86. The first-order valence-electron chi connectivity index (χ1n) is 4.23. The molecule has 1 aliphatic heterocycles. The van der Waals surface area contributed by atoms with Crippen molar-refractivity contribution in [3.63, 3.8) is 0 Å². The molecule has 13 heavy (non-hydrogen) atoms. The molecule has 1 aliphatic rings. The first-order valence-corrected chi connectivity index (χ1v) is 4.23. The molecule has 0 atom stereocenters. The molecule has 0 unspecified atom stereocenters. The van der Waals surface area contributed by atoms with Gasteiger partial charge in [0, 0.05) is 12.8 Å². The van der Waals surface area contributed by atoms with Crippen LogP contribution in [-0.4, -0.2) is 23.3 Å². The van der Waals surface area contributed by atoms with Crippen molar-refractivity contribution < 1.29 is 9.59 Å². The smallest absolute Gasteiger partial charge is 0.230 e. The minimum absolute atomic E-state index is 0.105. The predicted molar refractivity (Wildman–Crippen MR) is 48.6 cm³/mol. The van der Waals surface area contributed by atoms with Gasteiger partial charge in [-0.1, -0.05) is 19.8 Å². The van der Waals surface area contributed by atoms with Crippen LogP contribution in [0.5, 0.6) is 0 Å². The van der Waals surface area contributed by atoms with E-state index in [-0.39, 0.29) is 23.8 Å². The van der Waals surface area contributed by atoms with E-state index in [0.29, 0.717) is 12.8 Å². The highest BCUT2D eigenvalue weighted by molar-refractivity contribution is 5.98. The number of hydrogen-bond donors (Lipinski definition) is 0. The summed E-state index contributed by atoms with van der Waals surface area (Å²) in [5.74, 6) is 2.00. The van der Waals surface area contributed by atoms with Gasteiger partial charge in [0.2, 0.25) is 11.8 Å². The minimum atomic E-state index is -0.209. The van der Waals surface area contributed by atoms with Crippen LogP contribution in [0.3, 0.4) is 0 Å². The number of carbonyl (C=O) groups is 2. The average Bonchev–Trinajstić information content (AvgIpc) is 1.94. The highest BCUT2D eigenvalue weighted by Crippen LogP contribution is 2.31. The van der Waals surface area contributed by atoms with E-state index in [1.54, 1.807) is 0 Å². The summed E-state index contributed by atoms with van der Waals surface area (Å²) < 4.78 is 0. The monoisotopic (exact) mass is 179 g/mol. The maximum absolute atomic E-state index is 11.4. The number of amides is 2. The molecule has 0 radical (unpaired) electrons. The number of rotatable bonds is 1. The van der Waals surface area contributed by atoms with E-state index in [2.05, 4.69) is 5.92 Å². The first-order chi connectivity index (χ1) is 5.96. The number of piperidine rings is 1. The molecule has 0 aliphatic carbocycles. The predicted octanol–water partition coefficient (Wildman–Crippen LogP) is 0.795. The van der Waals surface area contributed by atoms with E-state index in [1.165, 1.54) is 0 Å². The molecule has 1 rings (SSSR count). The number of hydrogen-bond acceptors (Lipinski definition) is 2. The van der Waals surface area contributed by atoms with Crippen molar-refractivity contribution in [2.75, 3.05) is 6.54 Å². The lowest BCUT2D eigenvalue weighted by Gasteiger charge is -2.33. The molecular formula is C10H13NO2. The maximum Gasteiger partial charge on any atom is 0.230 e. The van der Waals surface area contributed by atoms with Gasteiger partial charge in [-0.3, -0.25) is 14.5 Å². The standard InChI is InChI=1S/C10H13NO2/c1-4-5-11-8(12)6-10(2,3)7-9(11)13/h1H,5-7H2,2-3H3. The third kappa shape index (κ3) is 2.09. The van der Waals surface area contributed by atoms with E-state index >= 15 is 0 Å². The van der Waals surface area contributed by atoms with Crippen LogP contribution in [0.4, 0.5) is 0 Å². The Morgan fingerprint density at radius 2 is 1.85 bits per heavy atom. The number of nitrogens with zero attached hydrogens (tertiary/aromatic N) is 1. The SMILES string of the molecule is C#CCN1C(=O)CC(C)(C)CC1=O. The second kappa shape index (κ2) is 3.21. The van der Waals surface area contributed by atoms with Gasteiger partial charge in [0.05, 0.1) is 6.54 Å². The Balaban J connectivity index is 2.78. The van der Waals surface area contributed by atoms with Crippen LogP contribution in [0.15, 0.2) is 0 Å². The van der Waals surface area contributed by atoms with Gasteiger partial charge in [0.25, 0.3) is 0 Å². The molecule has 1 fully saturated rings. The van der Waals surface area contributed by atoms with Gasteiger partial charge in [-0.15, -0.1) is 6.42 Å². The average molecular weight is 179 g/mol. The molecule has 70 valence electrons. The van der Waals surface area contributed by atoms with Gasteiger partial charge < -0.3 is 0 Å². The lowest BCUT2D eigenvalue weighted by Crippen LogP contribution is -2.46. The zero-order valence-electron chi connectivity index (χ0n) is 7.96. The van der Waals surface area contributed by atoms with Crippen LogP contribution in [0.25, 0.3) is 0 Å². The van der Waals surface area contributed by atoms with Crippen molar-refractivity contribution in [1.82, 2.24) is 4.90 Å². The largest absolute Gasteiger partial charge is 0.274 e. The van der Waals surface area contributed by atoms with Gasteiger partial charge >= 0.3 is 0 Å². The highest BCUT2D eigenvalue weighted by Gasteiger charge is 2.36. The summed E-state index contributed by atoms with van der Waals surface area (Å²) in [5.41, 5.74) is -0.209. The Hall–Kier alpha value is -1.30. The number of imide groups is 1. The fourth-order valence-electron chi connectivity index (χ4n) is 1.48. The number of terminal acetylenes is 1. The van der Waals surface area contributed by atoms with Crippen molar-refractivity contribution in [2.24, 2.45) is 5.41 Å². The lowest BCUT2D eigenvalue weighted by atomic mass is 9.82. The van der Waals surface area contributed by atoms with Gasteiger partial charge in [-0.25, -0.2) is 0 Å². The summed E-state index contributed by atoms with van der Waals surface area (Å²) in [7, 11) is 0. The van der Waals surface area contributed by atoms with Gasteiger partial charge in [0.15, 0.2) is 0 Å². The Kier molecular flexibility index (Phi) is 2.42. The topological polar surface area (TPSA) is 37.4 Å². The van der Waals surface area contributed by atoms with Gasteiger partial charge in [0.1, 0.15) is 0 Å². The summed E-state index contributed by atoms with van der Waals surface area (Å²) >= 11 is 0. The van der Waals surface area contributed by atoms with Crippen molar-refractivity contribution in [2.45, 2.75) is 26.7 Å². The Morgan fingerprint density at radius 3 is 2.23 bits per heavy atom. The van der Waals surface area contributed by atoms with Crippen LogP contribution in [0, 0.1) is 17.8 Å². The van der Waals surface area contributed by atoms with Crippen LogP contribution in [0.1, 0.15) is 26.7 Å². The van der Waals surface area contributed by atoms with Crippen LogP contribution in [-0.2, 0) is 9.59 Å². The molecule has 0 spiro atoms. The second-order valence-electron chi connectivity index (χ2n) is 4.10. The van der Waals surface area contributed by atoms with E-state index in [9.17, 15) is 9.59 Å². The van der Waals surface area contributed by atoms with Crippen LogP contribution in [0.2, 0.25) is 0 Å². The molecule has 3 nitrogen and oxygen atoms in total. The Labute approximate surface area is 78.1 Å². The summed E-state index contributed by atoms with van der Waals surface area (Å²) in [6.45, 7) is 3.93. The number of likely N-dealkylation sites (tertiary alicyclic amines) is 1. The third-order valence-corrected chi connectivity index (χ3v) is 2.11. The van der Waals surface area contributed by atoms with E-state index in [1.807, 2.05) is 13.8 Å². The first kappa shape index (κ1) is 9.79. The zero-order chi connectivity index (χ0) is 10.1. The fourth-order valence-corrected chi connectivity index (χ4v) is 1.48. The molecule has 1 saturated heterocycles. The molecule has 2 amide bonds. The third-order valence-electron chi connectivity index (χ3n) is 2.11. The molecular weight excluding hydrogens is 166 g/mol. The van der Waals surface area contributed by atoms with Crippen molar-refractivity contribution in [3.05, 3.63) is 0 Å². The van der Waals surface area contributed by atoms with Crippen LogP contribution >= 0.6 is 0 Å². The molecule has 3 heteroatoms. The molecule has 0 aromatic carbocycles. The van der Waals surface area contributed by atoms with Crippen LogP contribution < -0.4 is 0 Å². The maximum atomic E-state index is 11.4. The molecule has 0 aromatic heterocycles. The van der Waals surface area contributed by atoms with Crippen molar-refractivity contribution >= 4 is 11.8 Å². The quantitative estimate of drug-likeness (QED) is 0.441. The fraction of sp³-hybridized carbons (Fsp3) is 0.600. The van der Waals surface area contributed by atoms with Gasteiger partial charge in [-0.05, 0) is 5.41 Å². The normalized spacial score (nSPS) is 21.5. The molecule has 0 N–H and O–H groups in total. The van der Waals surface area contributed by atoms with E-state index in [0.717, 1.165) is 4.90 Å². The summed E-state index contributed by atoms with van der Waals surface area (Å²) in [6, 6.07) is 0. The zero-order valence-corrected chi connectivity index (χ0v) is 7.96. The minimum Gasteiger partial charge on any atom is -0.274 e. The molecule has 0 bridgehead atoms.